The van der Waals surface area contributed by atoms with E-state index >= 15 is 0 Å². The average Bonchev–Trinajstić information content (AvgIpc) is 2.58. The highest BCUT2D eigenvalue weighted by molar-refractivity contribution is 9.10. The summed E-state index contributed by atoms with van der Waals surface area (Å²) in [5.41, 5.74) is 8.11. The second-order valence-corrected chi connectivity index (χ2v) is 5.72. The van der Waals surface area contributed by atoms with E-state index in [9.17, 15) is 0 Å². The van der Waals surface area contributed by atoms with Gasteiger partial charge in [0.15, 0.2) is 11.5 Å². The molecule has 1 aromatic carbocycles. The minimum absolute atomic E-state index is 0.259. The average molecular weight is 286 g/mol. The van der Waals surface area contributed by atoms with Gasteiger partial charge in [0.25, 0.3) is 0 Å². The quantitative estimate of drug-likeness (QED) is 0.909. The fourth-order valence-electron chi connectivity index (χ4n) is 1.84. The molecule has 0 fully saturated rings. The van der Waals surface area contributed by atoms with E-state index in [1.165, 1.54) is 5.56 Å². The molecule has 2 N–H and O–H groups in total. The summed E-state index contributed by atoms with van der Waals surface area (Å²) in [5.74, 6) is 1.65. The number of ether oxygens (including phenoxy) is 2. The molecular formula is C12H16BrNO2. The molecule has 0 bridgehead atoms. The van der Waals surface area contributed by atoms with Crippen molar-refractivity contribution in [1.29, 1.82) is 0 Å². The third kappa shape index (κ3) is 2.18. The maximum atomic E-state index is 6.07. The van der Waals surface area contributed by atoms with E-state index < -0.39 is 0 Å². The third-order valence-corrected chi connectivity index (χ3v) is 3.44. The first kappa shape index (κ1) is 11.7. The highest BCUT2D eigenvalue weighted by Gasteiger charge is 2.25. The normalized spacial score (nSPS) is 14.3. The number of rotatable bonds is 2. The Morgan fingerprint density at radius 1 is 1.44 bits per heavy atom. The molecule has 0 saturated carbocycles. The van der Waals surface area contributed by atoms with Crippen LogP contribution in [0.15, 0.2) is 10.5 Å². The van der Waals surface area contributed by atoms with Gasteiger partial charge in [-0.3, -0.25) is 0 Å². The zero-order chi connectivity index (χ0) is 11.9. The van der Waals surface area contributed by atoms with Crippen molar-refractivity contribution in [3.05, 3.63) is 21.7 Å². The number of nitrogens with two attached hydrogens (primary N) is 1. The van der Waals surface area contributed by atoms with Crippen molar-refractivity contribution in [2.24, 2.45) is 5.73 Å². The van der Waals surface area contributed by atoms with Crippen molar-refractivity contribution >= 4 is 15.9 Å². The van der Waals surface area contributed by atoms with Crippen LogP contribution in [0.5, 0.6) is 11.5 Å². The van der Waals surface area contributed by atoms with Gasteiger partial charge in [0.2, 0.25) is 6.79 Å². The minimum atomic E-state index is -0.259. The van der Waals surface area contributed by atoms with Crippen LogP contribution >= 0.6 is 15.9 Å². The van der Waals surface area contributed by atoms with Crippen LogP contribution < -0.4 is 15.2 Å². The third-order valence-electron chi connectivity index (χ3n) is 2.62. The number of benzene rings is 1. The van der Waals surface area contributed by atoms with Gasteiger partial charge in [-0.15, -0.1) is 0 Å². The second kappa shape index (κ2) is 3.93. The van der Waals surface area contributed by atoms with Crippen molar-refractivity contribution in [3.63, 3.8) is 0 Å². The Morgan fingerprint density at radius 2 is 2.12 bits per heavy atom. The largest absolute Gasteiger partial charge is 0.454 e. The second-order valence-electron chi connectivity index (χ2n) is 4.86. The summed E-state index contributed by atoms with van der Waals surface area (Å²) in [7, 11) is 0. The first-order valence-electron chi connectivity index (χ1n) is 5.25. The van der Waals surface area contributed by atoms with E-state index in [0.29, 0.717) is 6.79 Å². The molecule has 0 amide bonds. The lowest BCUT2D eigenvalue weighted by Crippen LogP contribution is -2.34. The monoisotopic (exact) mass is 285 g/mol. The highest BCUT2D eigenvalue weighted by Crippen LogP contribution is 2.42. The summed E-state index contributed by atoms with van der Waals surface area (Å²) in [5, 5.41) is 0. The molecule has 1 aromatic rings. The Labute approximate surface area is 104 Å². The van der Waals surface area contributed by atoms with Crippen molar-refractivity contribution in [1.82, 2.24) is 0 Å². The van der Waals surface area contributed by atoms with Crippen LogP contribution in [0.1, 0.15) is 25.0 Å². The molecule has 0 unspecified atom stereocenters. The van der Waals surface area contributed by atoms with Crippen molar-refractivity contribution in [3.8, 4) is 11.5 Å². The van der Waals surface area contributed by atoms with Gasteiger partial charge < -0.3 is 15.2 Å². The Bertz CT molecular complexity index is 424. The van der Waals surface area contributed by atoms with Gasteiger partial charge in [0.05, 0.1) is 0 Å². The number of hydrogen-bond donors (Lipinski definition) is 1. The molecule has 4 heteroatoms. The smallest absolute Gasteiger partial charge is 0.231 e. The zero-order valence-electron chi connectivity index (χ0n) is 9.76. The van der Waals surface area contributed by atoms with Gasteiger partial charge in [0, 0.05) is 15.6 Å². The molecule has 0 radical (unpaired) electrons. The van der Waals surface area contributed by atoms with Crippen molar-refractivity contribution in [2.45, 2.75) is 32.7 Å². The molecule has 3 nitrogen and oxygen atoms in total. The lowest BCUT2D eigenvalue weighted by Gasteiger charge is -2.21. The zero-order valence-corrected chi connectivity index (χ0v) is 11.3. The molecule has 88 valence electrons. The standard InChI is InChI=1S/C12H16BrNO2/c1-7-8(5-12(2,3)14)11-10(4-9(7)13)15-6-16-11/h4H,5-6,14H2,1-3H3. The lowest BCUT2D eigenvalue weighted by atomic mass is 9.92. The first-order valence-corrected chi connectivity index (χ1v) is 6.04. The number of fused-ring (bicyclic) bond motifs is 1. The van der Waals surface area contributed by atoms with E-state index in [-0.39, 0.29) is 5.54 Å². The summed E-state index contributed by atoms with van der Waals surface area (Å²) < 4.78 is 11.9. The van der Waals surface area contributed by atoms with E-state index in [1.807, 2.05) is 19.9 Å². The van der Waals surface area contributed by atoms with E-state index in [4.69, 9.17) is 15.2 Å². The van der Waals surface area contributed by atoms with Crippen molar-refractivity contribution < 1.29 is 9.47 Å². The van der Waals surface area contributed by atoms with Gasteiger partial charge in [-0.1, -0.05) is 15.9 Å². The highest BCUT2D eigenvalue weighted by atomic mass is 79.9. The number of hydrogen-bond acceptors (Lipinski definition) is 3. The molecular weight excluding hydrogens is 270 g/mol. The summed E-state index contributed by atoms with van der Waals surface area (Å²) in [4.78, 5) is 0. The first-order chi connectivity index (χ1) is 7.38. The van der Waals surface area contributed by atoms with Crippen LogP contribution in [-0.4, -0.2) is 12.3 Å². The molecule has 0 atom stereocenters. The van der Waals surface area contributed by atoms with Crippen molar-refractivity contribution in [2.75, 3.05) is 6.79 Å². The summed E-state index contributed by atoms with van der Waals surface area (Å²) >= 11 is 3.53. The number of halogens is 1. The summed E-state index contributed by atoms with van der Waals surface area (Å²) in [6, 6.07) is 1.95. The van der Waals surface area contributed by atoms with Gasteiger partial charge in [-0.05, 0) is 38.8 Å². The Kier molecular flexibility index (Phi) is 2.88. The van der Waals surface area contributed by atoms with Gasteiger partial charge >= 0.3 is 0 Å². The summed E-state index contributed by atoms with van der Waals surface area (Å²) in [6.45, 7) is 6.38. The van der Waals surface area contributed by atoms with E-state index in [2.05, 4.69) is 22.9 Å². The van der Waals surface area contributed by atoms with Gasteiger partial charge in [-0.2, -0.15) is 0 Å². The topological polar surface area (TPSA) is 44.5 Å². The minimum Gasteiger partial charge on any atom is -0.454 e. The van der Waals surface area contributed by atoms with Crippen LogP contribution in [0.2, 0.25) is 0 Å². The molecule has 1 aliphatic heterocycles. The summed E-state index contributed by atoms with van der Waals surface area (Å²) in [6.07, 6.45) is 0.768. The molecule has 0 spiro atoms. The van der Waals surface area contributed by atoms with Gasteiger partial charge in [0.1, 0.15) is 0 Å². The predicted octanol–water partition coefficient (Wildman–Crippen LogP) is 2.77. The SMILES string of the molecule is Cc1c(Br)cc2c(c1CC(C)(C)N)OCO2. The fraction of sp³-hybridized carbons (Fsp3) is 0.500. The molecule has 1 heterocycles. The maximum absolute atomic E-state index is 6.07. The molecule has 0 saturated heterocycles. The Balaban J connectivity index is 2.50. The Hall–Kier alpha value is -0.740. The fourth-order valence-corrected chi connectivity index (χ4v) is 2.29. The van der Waals surface area contributed by atoms with Gasteiger partial charge in [-0.25, -0.2) is 0 Å². The molecule has 2 rings (SSSR count). The predicted molar refractivity (Wildman–Crippen MR) is 67.0 cm³/mol. The molecule has 1 aliphatic rings. The lowest BCUT2D eigenvalue weighted by molar-refractivity contribution is 0.173. The molecule has 16 heavy (non-hydrogen) atoms. The van der Waals surface area contributed by atoms with E-state index in [0.717, 1.165) is 28.0 Å². The molecule has 0 aliphatic carbocycles. The van der Waals surface area contributed by atoms with Crippen LogP contribution in [0, 0.1) is 6.92 Å². The van der Waals surface area contributed by atoms with Crippen LogP contribution in [0.4, 0.5) is 0 Å². The Morgan fingerprint density at radius 3 is 2.75 bits per heavy atom. The van der Waals surface area contributed by atoms with E-state index in [1.54, 1.807) is 0 Å². The van der Waals surface area contributed by atoms with Crippen LogP contribution in [0.25, 0.3) is 0 Å². The van der Waals surface area contributed by atoms with Crippen LogP contribution in [-0.2, 0) is 6.42 Å². The maximum Gasteiger partial charge on any atom is 0.231 e. The van der Waals surface area contributed by atoms with Crippen LogP contribution in [0.3, 0.4) is 0 Å². The molecule has 0 aromatic heterocycles.